The standard InChI is InChI=1S/C14H14O2S/c1-10-13(7-8-17-10)14(15)9-11-3-5-12(16-2)6-4-11/h3-8H,9H2,1-2H3. The van der Waals surface area contributed by atoms with Crippen LogP contribution < -0.4 is 4.74 Å². The van der Waals surface area contributed by atoms with E-state index in [0.717, 1.165) is 21.8 Å². The lowest BCUT2D eigenvalue weighted by atomic mass is 10.0. The fraction of sp³-hybridized carbons (Fsp3) is 0.214. The molecule has 0 atom stereocenters. The monoisotopic (exact) mass is 246 g/mol. The molecule has 2 aromatic rings. The molecule has 3 heteroatoms. The van der Waals surface area contributed by atoms with Crippen LogP contribution >= 0.6 is 11.3 Å². The first-order valence-electron chi connectivity index (χ1n) is 5.41. The molecule has 0 saturated carbocycles. The minimum atomic E-state index is 0.175. The predicted molar refractivity (Wildman–Crippen MR) is 70.1 cm³/mol. The van der Waals surface area contributed by atoms with E-state index >= 15 is 0 Å². The summed E-state index contributed by atoms with van der Waals surface area (Å²) >= 11 is 1.61. The summed E-state index contributed by atoms with van der Waals surface area (Å²) < 4.78 is 5.08. The number of hydrogen-bond acceptors (Lipinski definition) is 3. The molecule has 0 saturated heterocycles. The average molecular weight is 246 g/mol. The first-order valence-corrected chi connectivity index (χ1v) is 6.29. The summed E-state index contributed by atoms with van der Waals surface area (Å²) in [6, 6.07) is 9.51. The summed E-state index contributed by atoms with van der Waals surface area (Å²) in [5.41, 5.74) is 1.85. The van der Waals surface area contributed by atoms with E-state index in [-0.39, 0.29) is 5.78 Å². The van der Waals surface area contributed by atoms with Crippen molar-refractivity contribution >= 4 is 17.1 Å². The highest BCUT2D eigenvalue weighted by atomic mass is 32.1. The molecule has 0 aliphatic rings. The van der Waals surface area contributed by atoms with Crippen molar-refractivity contribution in [2.45, 2.75) is 13.3 Å². The molecule has 0 bridgehead atoms. The van der Waals surface area contributed by atoms with Gasteiger partial charge in [0.15, 0.2) is 5.78 Å². The number of thiophene rings is 1. The maximum atomic E-state index is 12.0. The third kappa shape index (κ3) is 2.74. The topological polar surface area (TPSA) is 26.3 Å². The van der Waals surface area contributed by atoms with E-state index in [1.807, 2.05) is 42.6 Å². The molecule has 1 heterocycles. The maximum absolute atomic E-state index is 12.0. The maximum Gasteiger partial charge on any atom is 0.168 e. The number of ether oxygens (including phenoxy) is 1. The van der Waals surface area contributed by atoms with Gasteiger partial charge in [0.25, 0.3) is 0 Å². The second-order valence-corrected chi connectivity index (χ2v) is 4.96. The van der Waals surface area contributed by atoms with Crippen LogP contribution in [0.15, 0.2) is 35.7 Å². The van der Waals surface area contributed by atoms with Gasteiger partial charge in [-0.05, 0) is 36.1 Å². The number of carbonyl (C=O) groups excluding carboxylic acids is 1. The Bertz CT molecular complexity index is 511. The van der Waals surface area contributed by atoms with E-state index < -0.39 is 0 Å². The summed E-state index contributed by atoms with van der Waals surface area (Å²) in [6.07, 6.45) is 0.446. The molecule has 0 aliphatic carbocycles. The molecule has 0 N–H and O–H groups in total. The van der Waals surface area contributed by atoms with E-state index in [4.69, 9.17) is 4.74 Å². The highest BCUT2D eigenvalue weighted by Gasteiger charge is 2.10. The zero-order chi connectivity index (χ0) is 12.3. The predicted octanol–water partition coefficient (Wildman–Crippen LogP) is 3.49. The van der Waals surface area contributed by atoms with Crippen LogP contribution in [-0.2, 0) is 6.42 Å². The minimum Gasteiger partial charge on any atom is -0.497 e. The summed E-state index contributed by atoms with van der Waals surface area (Å²) in [5, 5.41) is 1.95. The smallest absolute Gasteiger partial charge is 0.168 e. The van der Waals surface area contributed by atoms with Crippen LogP contribution in [0, 0.1) is 6.92 Å². The highest BCUT2D eigenvalue weighted by Crippen LogP contribution is 2.18. The van der Waals surface area contributed by atoms with Crippen LogP contribution in [0.5, 0.6) is 5.75 Å². The molecule has 0 fully saturated rings. The van der Waals surface area contributed by atoms with Gasteiger partial charge in [-0.3, -0.25) is 4.79 Å². The molecular formula is C14H14O2S. The van der Waals surface area contributed by atoms with Gasteiger partial charge in [-0.1, -0.05) is 12.1 Å². The Morgan fingerprint density at radius 1 is 1.24 bits per heavy atom. The second-order valence-electron chi connectivity index (χ2n) is 3.84. The number of carbonyl (C=O) groups is 1. The van der Waals surface area contributed by atoms with Gasteiger partial charge in [0.2, 0.25) is 0 Å². The molecule has 2 rings (SSSR count). The van der Waals surface area contributed by atoms with Gasteiger partial charge < -0.3 is 4.74 Å². The molecule has 0 radical (unpaired) electrons. The lowest BCUT2D eigenvalue weighted by molar-refractivity contribution is 0.0993. The minimum absolute atomic E-state index is 0.175. The Kier molecular flexibility index (Phi) is 3.59. The number of benzene rings is 1. The molecule has 2 nitrogen and oxygen atoms in total. The van der Waals surface area contributed by atoms with Gasteiger partial charge in [-0.25, -0.2) is 0 Å². The highest BCUT2D eigenvalue weighted by molar-refractivity contribution is 7.10. The van der Waals surface area contributed by atoms with E-state index in [0.29, 0.717) is 6.42 Å². The van der Waals surface area contributed by atoms with Gasteiger partial charge >= 0.3 is 0 Å². The van der Waals surface area contributed by atoms with Crippen molar-refractivity contribution in [3.63, 3.8) is 0 Å². The van der Waals surface area contributed by atoms with Crippen LogP contribution in [0.1, 0.15) is 20.8 Å². The summed E-state index contributed by atoms with van der Waals surface area (Å²) in [4.78, 5) is 13.1. The molecule has 17 heavy (non-hydrogen) atoms. The Balaban J connectivity index is 2.10. The average Bonchev–Trinajstić information content (AvgIpc) is 2.76. The fourth-order valence-corrected chi connectivity index (χ4v) is 2.42. The number of hydrogen-bond donors (Lipinski definition) is 0. The lowest BCUT2D eigenvalue weighted by Crippen LogP contribution is -2.03. The van der Waals surface area contributed by atoms with Gasteiger partial charge in [-0.15, -0.1) is 11.3 Å². The molecule has 0 unspecified atom stereocenters. The van der Waals surface area contributed by atoms with Crippen LogP contribution in [0.2, 0.25) is 0 Å². The molecule has 0 spiro atoms. The Labute approximate surface area is 105 Å². The van der Waals surface area contributed by atoms with Crippen LogP contribution in [0.3, 0.4) is 0 Å². The Hall–Kier alpha value is -1.61. The van der Waals surface area contributed by atoms with E-state index in [1.54, 1.807) is 18.4 Å². The first-order chi connectivity index (χ1) is 8.20. The Morgan fingerprint density at radius 3 is 2.47 bits per heavy atom. The van der Waals surface area contributed by atoms with Crippen molar-refractivity contribution in [1.29, 1.82) is 0 Å². The number of methoxy groups -OCH3 is 1. The summed E-state index contributed by atoms with van der Waals surface area (Å²) in [6.45, 7) is 1.98. The van der Waals surface area contributed by atoms with Crippen molar-refractivity contribution in [1.82, 2.24) is 0 Å². The second kappa shape index (κ2) is 5.15. The first kappa shape index (κ1) is 11.9. The molecule has 0 amide bonds. The normalized spacial score (nSPS) is 10.2. The number of rotatable bonds is 4. The van der Waals surface area contributed by atoms with E-state index in [9.17, 15) is 4.79 Å². The van der Waals surface area contributed by atoms with Crippen molar-refractivity contribution in [2.24, 2.45) is 0 Å². The third-order valence-corrected chi connectivity index (χ3v) is 3.53. The molecule has 88 valence electrons. The quantitative estimate of drug-likeness (QED) is 0.772. The molecule has 0 aliphatic heterocycles. The van der Waals surface area contributed by atoms with Gasteiger partial charge in [0.05, 0.1) is 7.11 Å². The summed E-state index contributed by atoms with van der Waals surface area (Å²) in [7, 11) is 1.63. The van der Waals surface area contributed by atoms with Crippen molar-refractivity contribution in [3.05, 3.63) is 51.7 Å². The Morgan fingerprint density at radius 2 is 1.94 bits per heavy atom. The van der Waals surface area contributed by atoms with Gasteiger partial charge in [-0.2, -0.15) is 0 Å². The van der Waals surface area contributed by atoms with Crippen molar-refractivity contribution in [2.75, 3.05) is 7.11 Å². The van der Waals surface area contributed by atoms with Crippen LogP contribution in [0.4, 0.5) is 0 Å². The van der Waals surface area contributed by atoms with Crippen molar-refractivity contribution < 1.29 is 9.53 Å². The van der Waals surface area contributed by atoms with E-state index in [2.05, 4.69) is 0 Å². The number of ketones is 1. The molecule has 1 aromatic heterocycles. The van der Waals surface area contributed by atoms with Gasteiger partial charge in [0, 0.05) is 16.9 Å². The summed E-state index contributed by atoms with van der Waals surface area (Å²) in [5.74, 6) is 0.988. The van der Waals surface area contributed by atoms with Crippen molar-refractivity contribution in [3.8, 4) is 5.75 Å². The van der Waals surface area contributed by atoms with Crippen LogP contribution in [-0.4, -0.2) is 12.9 Å². The molecule has 1 aromatic carbocycles. The zero-order valence-electron chi connectivity index (χ0n) is 9.90. The number of aryl methyl sites for hydroxylation is 1. The lowest BCUT2D eigenvalue weighted by Gasteiger charge is -2.03. The van der Waals surface area contributed by atoms with E-state index in [1.165, 1.54) is 0 Å². The SMILES string of the molecule is COc1ccc(CC(=O)c2ccsc2C)cc1. The van der Waals surface area contributed by atoms with Crippen LogP contribution in [0.25, 0.3) is 0 Å². The largest absolute Gasteiger partial charge is 0.497 e. The van der Waals surface area contributed by atoms with Gasteiger partial charge in [0.1, 0.15) is 5.75 Å². The number of Topliss-reactive ketones (excluding diaryl/α,β-unsaturated/α-hetero) is 1. The zero-order valence-corrected chi connectivity index (χ0v) is 10.7. The third-order valence-electron chi connectivity index (χ3n) is 2.68. The fourth-order valence-electron chi connectivity index (χ4n) is 1.70. The molecular weight excluding hydrogens is 232 g/mol.